The lowest BCUT2D eigenvalue weighted by Gasteiger charge is -2.36. The van der Waals surface area contributed by atoms with Crippen molar-refractivity contribution in [2.45, 2.75) is 18.9 Å². The lowest BCUT2D eigenvalue weighted by molar-refractivity contribution is 0.117. The zero-order valence-electron chi connectivity index (χ0n) is 13.7. The van der Waals surface area contributed by atoms with Crippen LogP contribution < -0.4 is 4.74 Å². The van der Waals surface area contributed by atoms with Crippen LogP contribution in [0, 0.1) is 0 Å². The second-order valence-corrected chi connectivity index (χ2v) is 6.42. The van der Waals surface area contributed by atoms with Crippen molar-refractivity contribution in [3.63, 3.8) is 0 Å². The highest BCUT2D eigenvalue weighted by Gasteiger charge is 2.20. The van der Waals surface area contributed by atoms with Gasteiger partial charge in [0, 0.05) is 19.1 Å². The largest absolute Gasteiger partial charge is 0.492 e. The minimum Gasteiger partial charge on any atom is -0.492 e. The Balaban J connectivity index is 1.51. The van der Waals surface area contributed by atoms with Crippen LogP contribution in [-0.2, 0) is 0 Å². The molecule has 2 aromatic carbocycles. The summed E-state index contributed by atoms with van der Waals surface area (Å²) in [5.74, 6) is 0.972. The number of piperidine rings is 1. The van der Waals surface area contributed by atoms with Crippen LogP contribution in [0.5, 0.6) is 5.75 Å². The number of nitrogens with zero attached hydrogens (tertiary/aromatic N) is 2. The van der Waals surface area contributed by atoms with Gasteiger partial charge in [0.1, 0.15) is 12.4 Å². The fraction of sp³-hybridized carbons (Fsp3) is 0.474. The second kappa shape index (κ2) is 7.12. The minimum atomic E-state index is 0.689. The molecule has 1 saturated heterocycles. The van der Waals surface area contributed by atoms with Crippen LogP contribution in [-0.4, -0.2) is 56.2 Å². The maximum absolute atomic E-state index is 5.96. The van der Waals surface area contributed by atoms with Gasteiger partial charge in [-0.3, -0.25) is 4.90 Å². The molecule has 1 fully saturated rings. The summed E-state index contributed by atoms with van der Waals surface area (Å²) >= 11 is 0. The van der Waals surface area contributed by atoms with Gasteiger partial charge in [0.15, 0.2) is 0 Å². The number of likely N-dealkylation sites (N-methyl/N-ethyl adjacent to an activating group) is 1. The molecule has 22 heavy (non-hydrogen) atoms. The van der Waals surface area contributed by atoms with Gasteiger partial charge in [-0.2, -0.15) is 0 Å². The highest BCUT2D eigenvalue weighted by Crippen LogP contribution is 2.20. The fourth-order valence-corrected chi connectivity index (χ4v) is 3.21. The fourth-order valence-electron chi connectivity index (χ4n) is 3.21. The van der Waals surface area contributed by atoms with Crippen molar-refractivity contribution in [3.8, 4) is 5.75 Å². The molecular weight excluding hydrogens is 272 g/mol. The van der Waals surface area contributed by atoms with Gasteiger partial charge in [0.2, 0.25) is 0 Å². The average molecular weight is 298 g/mol. The Morgan fingerprint density at radius 1 is 1.14 bits per heavy atom. The Morgan fingerprint density at radius 3 is 2.77 bits per heavy atom. The zero-order chi connectivity index (χ0) is 15.4. The van der Waals surface area contributed by atoms with Gasteiger partial charge in [-0.15, -0.1) is 0 Å². The van der Waals surface area contributed by atoms with Crippen molar-refractivity contribution in [2.24, 2.45) is 0 Å². The van der Waals surface area contributed by atoms with E-state index in [2.05, 4.69) is 66.4 Å². The van der Waals surface area contributed by atoms with E-state index in [0.717, 1.165) is 25.4 Å². The van der Waals surface area contributed by atoms with Gasteiger partial charge in [0.05, 0.1) is 0 Å². The molecule has 118 valence electrons. The van der Waals surface area contributed by atoms with Gasteiger partial charge in [-0.05, 0) is 56.4 Å². The lowest BCUT2D eigenvalue weighted by Crippen LogP contribution is -2.46. The van der Waals surface area contributed by atoms with Crippen LogP contribution >= 0.6 is 0 Å². The molecule has 0 radical (unpaired) electrons. The molecule has 1 atom stereocenters. The van der Waals surface area contributed by atoms with Crippen LogP contribution in [0.1, 0.15) is 12.8 Å². The Bertz CT molecular complexity index is 611. The first-order valence-corrected chi connectivity index (χ1v) is 8.23. The standard InChI is InChI=1S/C19H26N2O/c1-20(2)18-8-5-11-21(15-18)12-13-22-19-10-9-16-6-3-4-7-17(16)14-19/h3-4,6-7,9-10,14,18H,5,8,11-13,15H2,1-2H3. The monoisotopic (exact) mass is 298 g/mol. The van der Waals surface area contributed by atoms with E-state index in [1.54, 1.807) is 0 Å². The predicted molar refractivity (Wildman–Crippen MR) is 92.6 cm³/mol. The SMILES string of the molecule is CN(C)C1CCCN(CCOc2ccc3ccccc3c2)C1. The first kappa shape index (κ1) is 15.3. The summed E-state index contributed by atoms with van der Waals surface area (Å²) in [7, 11) is 4.36. The first-order chi connectivity index (χ1) is 10.7. The predicted octanol–water partition coefficient (Wildman–Crippen LogP) is 3.24. The molecule has 0 aromatic heterocycles. The summed E-state index contributed by atoms with van der Waals surface area (Å²) in [4.78, 5) is 4.87. The second-order valence-electron chi connectivity index (χ2n) is 6.42. The van der Waals surface area contributed by atoms with Crippen molar-refractivity contribution in [2.75, 3.05) is 40.3 Å². The molecule has 3 heteroatoms. The smallest absolute Gasteiger partial charge is 0.120 e. The summed E-state index contributed by atoms with van der Waals surface area (Å²) in [6, 6.07) is 15.4. The van der Waals surface area contributed by atoms with E-state index < -0.39 is 0 Å². The third-order valence-corrected chi connectivity index (χ3v) is 4.61. The Morgan fingerprint density at radius 2 is 1.95 bits per heavy atom. The van der Waals surface area contributed by atoms with Gasteiger partial charge in [-0.25, -0.2) is 0 Å². The third kappa shape index (κ3) is 3.79. The molecule has 0 saturated carbocycles. The molecule has 1 heterocycles. The molecule has 2 aromatic rings. The average Bonchev–Trinajstić information content (AvgIpc) is 2.55. The Labute approximate surface area is 133 Å². The van der Waals surface area contributed by atoms with Gasteiger partial charge < -0.3 is 9.64 Å². The molecule has 1 aliphatic heterocycles. The van der Waals surface area contributed by atoms with Crippen molar-refractivity contribution >= 4 is 10.8 Å². The van der Waals surface area contributed by atoms with Crippen LogP contribution in [0.2, 0.25) is 0 Å². The number of hydrogen-bond donors (Lipinski definition) is 0. The van der Waals surface area contributed by atoms with E-state index in [4.69, 9.17) is 4.74 Å². The molecule has 0 spiro atoms. The van der Waals surface area contributed by atoms with Gasteiger partial charge in [-0.1, -0.05) is 30.3 Å². The van der Waals surface area contributed by atoms with E-state index in [0.29, 0.717) is 6.04 Å². The number of rotatable bonds is 5. The Kier molecular flexibility index (Phi) is 4.96. The number of fused-ring (bicyclic) bond motifs is 1. The van der Waals surface area contributed by atoms with Crippen LogP contribution in [0.4, 0.5) is 0 Å². The van der Waals surface area contributed by atoms with Crippen molar-refractivity contribution in [3.05, 3.63) is 42.5 Å². The molecular formula is C19H26N2O. The van der Waals surface area contributed by atoms with E-state index in [1.165, 1.54) is 30.2 Å². The quantitative estimate of drug-likeness (QED) is 0.843. The van der Waals surface area contributed by atoms with Gasteiger partial charge >= 0.3 is 0 Å². The summed E-state index contributed by atoms with van der Waals surface area (Å²) in [5.41, 5.74) is 0. The molecule has 0 amide bonds. The summed E-state index contributed by atoms with van der Waals surface area (Å²) in [6.07, 6.45) is 2.61. The summed E-state index contributed by atoms with van der Waals surface area (Å²) in [6.45, 7) is 4.13. The highest BCUT2D eigenvalue weighted by molar-refractivity contribution is 5.83. The van der Waals surface area contributed by atoms with Gasteiger partial charge in [0.25, 0.3) is 0 Å². The van der Waals surface area contributed by atoms with E-state index in [9.17, 15) is 0 Å². The summed E-state index contributed by atoms with van der Waals surface area (Å²) in [5, 5.41) is 2.50. The maximum Gasteiger partial charge on any atom is 0.120 e. The molecule has 0 N–H and O–H groups in total. The lowest BCUT2D eigenvalue weighted by atomic mass is 10.1. The normalized spacial score (nSPS) is 19.7. The van der Waals surface area contributed by atoms with Crippen molar-refractivity contribution < 1.29 is 4.74 Å². The van der Waals surface area contributed by atoms with Crippen LogP contribution in [0.3, 0.4) is 0 Å². The molecule has 1 aliphatic rings. The minimum absolute atomic E-state index is 0.689. The Hall–Kier alpha value is -1.58. The highest BCUT2D eigenvalue weighted by atomic mass is 16.5. The third-order valence-electron chi connectivity index (χ3n) is 4.61. The molecule has 0 bridgehead atoms. The van der Waals surface area contributed by atoms with Crippen molar-refractivity contribution in [1.29, 1.82) is 0 Å². The van der Waals surface area contributed by atoms with Crippen molar-refractivity contribution in [1.82, 2.24) is 9.80 Å². The molecule has 1 unspecified atom stereocenters. The van der Waals surface area contributed by atoms with E-state index in [-0.39, 0.29) is 0 Å². The van der Waals surface area contributed by atoms with E-state index >= 15 is 0 Å². The molecule has 3 rings (SSSR count). The summed E-state index contributed by atoms with van der Waals surface area (Å²) < 4.78 is 5.96. The maximum atomic E-state index is 5.96. The topological polar surface area (TPSA) is 15.7 Å². The zero-order valence-corrected chi connectivity index (χ0v) is 13.7. The number of likely N-dealkylation sites (tertiary alicyclic amines) is 1. The number of ether oxygens (including phenoxy) is 1. The van der Waals surface area contributed by atoms with E-state index in [1.807, 2.05) is 0 Å². The number of hydrogen-bond acceptors (Lipinski definition) is 3. The van der Waals surface area contributed by atoms with Crippen LogP contribution in [0.25, 0.3) is 10.8 Å². The molecule has 3 nitrogen and oxygen atoms in total. The first-order valence-electron chi connectivity index (χ1n) is 8.23. The van der Waals surface area contributed by atoms with Crippen LogP contribution in [0.15, 0.2) is 42.5 Å². The molecule has 0 aliphatic carbocycles. The number of benzene rings is 2.